The van der Waals surface area contributed by atoms with Gasteiger partial charge in [-0.3, -0.25) is 0 Å². The molecule has 0 radical (unpaired) electrons. The van der Waals surface area contributed by atoms with E-state index in [0.29, 0.717) is 0 Å². The molecule has 0 amide bonds. The van der Waals surface area contributed by atoms with Gasteiger partial charge in [0.2, 0.25) is 0 Å². The Morgan fingerprint density at radius 3 is 1.69 bits per heavy atom. The molecule has 9 aromatic rings. The van der Waals surface area contributed by atoms with Crippen LogP contribution < -0.4 is 26.2 Å². The maximum Gasteiger partial charge on any atom is 0.252 e. The SMILES string of the molecule is Cc1ccc2c(c1)B1c3cc(C)ccc3N(c3ccc(C(C)(C)C)cc3-c3ccccc3)c3cc(C(C)(C)C)cc(c31)N2c1ccc(-c2cccc3c2oc2ccccc23)cc1. The molecule has 2 aliphatic rings. The summed E-state index contributed by atoms with van der Waals surface area (Å²) >= 11 is 0. The maximum atomic E-state index is 6.51. The Hall–Kier alpha value is -6.78. The van der Waals surface area contributed by atoms with E-state index < -0.39 is 0 Å². The molecule has 8 aromatic carbocycles. The first-order valence-electron chi connectivity index (χ1n) is 22.0. The Morgan fingerprint density at radius 2 is 1.02 bits per heavy atom. The van der Waals surface area contributed by atoms with E-state index in [-0.39, 0.29) is 17.5 Å². The zero-order valence-corrected chi connectivity index (χ0v) is 37.0. The first-order valence-corrected chi connectivity index (χ1v) is 22.0. The zero-order chi connectivity index (χ0) is 42.7. The molecular formula is C58H51BN2O. The number of para-hydroxylation sites is 2. The summed E-state index contributed by atoms with van der Waals surface area (Å²) in [5.74, 6) is 0. The second-order valence-corrected chi connectivity index (χ2v) is 19.6. The number of fused-ring (bicyclic) bond motifs is 7. The van der Waals surface area contributed by atoms with Crippen molar-refractivity contribution in [1.82, 2.24) is 0 Å². The van der Waals surface area contributed by atoms with Crippen molar-refractivity contribution in [2.75, 3.05) is 9.80 Å². The molecule has 3 nitrogen and oxygen atoms in total. The molecule has 3 heterocycles. The van der Waals surface area contributed by atoms with Crippen LogP contribution in [0.25, 0.3) is 44.2 Å². The van der Waals surface area contributed by atoms with E-state index in [9.17, 15) is 0 Å². The number of aryl methyl sites for hydroxylation is 2. The van der Waals surface area contributed by atoms with Gasteiger partial charge >= 0.3 is 0 Å². The maximum absolute atomic E-state index is 6.51. The fourth-order valence-corrected chi connectivity index (χ4v) is 10.0. The van der Waals surface area contributed by atoms with E-state index >= 15 is 0 Å². The second-order valence-electron chi connectivity index (χ2n) is 19.6. The standard InChI is InChI=1S/C58H51BN2O/c1-36-21-28-50-47(31-36)59-48-32-37(2)22-29-51(48)61(49-30-25-40(57(3,4)5)33-46(49)38-15-10-9-11-16-38)53-35-41(58(6,7)8)34-52(55(53)59)60(50)42-26-23-39(24-27-42)43-18-14-19-45-44-17-12-13-20-54(44)62-56(43)45/h9-35H,1-8H3. The third kappa shape index (κ3) is 6.02. The third-order valence-corrected chi connectivity index (χ3v) is 13.3. The smallest absolute Gasteiger partial charge is 0.252 e. The highest BCUT2D eigenvalue weighted by Crippen LogP contribution is 2.49. The summed E-state index contributed by atoms with van der Waals surface area (Å²) in [6, 6.07) is 61.2. The second kappa shape index (κ2) is 13.9. The molecule has 0 N–H and O–H groups in total. The van der Waals surface area contributed by atoms with E-state index in [1.165, 1.54) is 78.2 Å². The number of rotatable bonds is 4. The van der Waals surface area contributed by atoms with E-state index in [1.807, 2.05) is 6.07 Å². The number of anilines is 6. The topological polar surface area (TPSA) is 19.6 Å². The summed E-state index contributed by atoms with van der Waals surface area (Å²) in [7, 11) is 0. The average Bonchev–Trinajstić information content (AvgIpc) is 3.65. The first-order chi connectivity index (χ1) is 29.8. The summed E-state index contributed by atoms with van der Waals surface area (Å²) in [6.07, 6.45) is 0. The highest BCUT2D eigenvalue weighted by atomic mass is 16.3. The molecule has 0 atom stereocenters. The van der Waals surface area contributed by atoms with Crippen LogP contribution in [0, 0.1) is 13.8 Å². The molecule has 2 aliphatic heterocycles. The first kappa shape index (κ1) is 38.2. The normalized spacial score (nSPS) is 13.4. The molecule has 0 aliphatic carbocycles. The summed E-state index contributed by atoms with van der Waals surface area (Å²) in [5.41, 5.74) is 22.8. The van der Waals surface area contributed by atoms with Gasteiger partial charge in [-0.15, -0.1) is 0 Å². The van der Waals surface area contributed by atoms with Crippen LogP contribution in [0.15, 0.2) is 168 Å². The summed E-state index contributed by atoms with van der Waals surface area (Å²) < 4.78 is 6.51. The third-order valence-electron chi connectivity index (χ3n) is 13.3. The molecule has 11 rings (SSSR count). The molecule has 0 unspecified atom stereocenters. The number of nitrogens with zero attached hydrogens (tertiary/aromatic N) is 2. The van der Waals surface area contributed by atoms with E-state index in [1.54, 1.807) is 0 Å². The minimum absolute atomic E-state index is 0.00835. The zero-order valence-electron chi connectivity index (χ0n) is 37.0. The van der Waals surface area contributed by atoms with Crippen molar-refractivity contribution in [2.45, 2.75) is 66.2 Å². The van der Waals surface area contributed by atoms with Gasteiger partial charge in [0.15, 0.2) is 0 Å². The molecule has 4 heteroatoms. The lowest BCUT2D eigenvalue weighted by molar-refractivity contribution is 0.590. The van der Waals surface area contributed by atoms with Crippen LogP contribution in [0.4, 0.5) is 34.1 Å². The van der Waals surface area contributed by atoms with Gasteiger partial charge in [0.05, 0.1) is 5.69 Å². The Bertz CT molecular complexity index is 3240. The lowest BCUT2D eigenvalue weighted by Gasteiger charge is -2.45. The van der Waals surface area contributed by atoms with Gasteiger partial charge in [-0.05, 0) is 118 Å². The predicted molar refractivity (Wildman–Crippen MR) is 265 cm³/mol. The highest BCUT2D eigenvalue weighted by Gasteiger charge is 2.44. The van der Waals surface area contributed by atoms with Gasteiger partial charge in [0.1, 0.15) is 11.2 Å². The molecule has 0 fully saturated rings. The molecule has 0 saturated carbocycles. The summed E-state index contributed by atoms with van der Waals surface area (Å²) in [4.78, 5) is 5.12. The van der Waals surface area contributed by atoms with Gasteiger partial charge in [-0.2, -0.15) is 0 Å². The Kier molecular flexibility index (Phi) is 8.54. The van der Waals surface area contributed by atoms with Gasteiger partial charge in [0, 0.05) is 50.3 Å². The average molecular weight is 803 g/mol. The van der Waals surface area contributed by atoms with Crippen LogP contribution in [0.2, 0.25) is 0 Å². The van der Waals surface area contributed by atoms with Crippen molar-refractivity contribution in [1.29, 1.82) is 0 Å². The summed E-state index contributed by atoms with van der Waals surface area (Å²) in [6.45, 7) is 18.5. The van der Waals surface area contributed by atoms with E-state index in [2.05, 4.69) is 223 Å². The van der Waals surface area contributed by atoms with Gasteiger partial charge < -0.3 is 14.2 Å². The number of hydrogen-bond acceptors (Lipinski definition) is 3. The molecule has 0 spiro atoms. The molecule has 0 saturated heterocycles. The molecule has 0 bridgehead atoms. The Morgan fingerprint density at radius 1 is 0.435 bits per heavy atom. The lowest BCUT2D eigenvalue weighted by Crippen LogP contribution is -2.61. The van der Waals surface area contributed by atoms with Crippen LogP contribution in [-0.4, -0.2) is 6.71 Å². The van der Waals surface area contributed by atoms with Crippen molar-refractivity contribution in [3.05, 3.63) is 186 Å². The lowest BCUT2D eigenvalue weighted by atomic mass is 9.33. The summed E-state index contributed by atoms with van der Waals surface area (Å²) in [5, 5.41) is 2.29. The van der Waals surface area contributed by atoms with E-state index in [0.717, 1.165) is 38.8 Å². The number of benzene rings is 8. The molecule has 1 aromatic heterocycles. The van der Waals surface area contributed by atoms with Crippen LogP contribution in [-0.2, 0) is 10.8 Å². The number of furan rings is 1. The predicted octanol–water partition coefficient (Wildman–Crippen LogP) is 14.2. The largest absolute Gasteiger partial charge is 0.455 e. The van der Waals surface area contributed by atoms with Crippen molar-refractivity contribution in [2.24, 2.45) is 0 Å². The Balaban J connectivity index is 1.17. The minimum Gasteiger partial charge on any atom is -0.455 e. The minimum atomic E-state index is -0.118. The monoisotopic (exact) mass is 802 g/mol. The Labute approximate surface area is 366 Å². The van der Waals surface area contributed by atoms with Crippen molar-refractivity contribution < 1.29 is 4.42 Å². The molecular weight excluding hydrogens is 751 g/mol. The van der Waals surface area contributed by atoms with Crippen LogP contribution in [0.5, 0.6) is 0 Å². The molecule has 302 valence electrons. The van der Waals surface area contributed by atoms with Crippen molar-refractivity contribution in [3.8, 4) is 22.3 Å². The quantitative estimate of drug-likeness (QED) is 0.165. The van der Waals surface area contributed by atoms with Crippen LogP contribution in [0.1, 0.15) is 63.8 Å². The number of hydrogen-bond donors (Lipinski definition) is 0. The van der Waals surface area contributed by atoms with Crippen molar-refractivity contribution >= 4 is 79.2 Å². The van der Waals surface area contributed by atoms with Crippen LogP contribution in [0.3, 0.4) is 0 Å². The fraction of sp³-hybridized carbons (Fsp3) is 0.172. The van der Waals surface area contributed by atoms with Crippen molar-refractivity contribution in [3.63, 3.8) is 0 Å². The van der Waals surface area contributed by atoms with Gasteiger partial charge in [-0.25, -0.2) is 0 Å². The molecule has 62 heavy (non-hydrogen) atoms. The van der Waals surface area contributed by atoms with Crippen LogP contribution >= 0.6 is 0 Å². The van der Waals surface area contributed by atoms with E-state index in [4.69, 9.17) is 4.42 Å². The van der Waals surface area contributed by atoms with Gasteiger partial charge in [0.25, 0.3) is 6.71 Å². The van der Waals surface area contributed by atoms with Gasteiger partial charge in [-0.1, -0.05) is 162 Å². The fourth-order valence-electron chi connectivity index (χ4n) is 10.0. The highest BCUT2D eigenvalue weighted by molar-refractivity contribution is 7.00.